The molecule has 0 aliphatic rings. The van der Waals surface area contributed by atoms with Crippen LogP contribution < -0.4 is 0 Å². The highest BCUT2D eigenvalue weighted by Gasteiger charge is 2.20. The number of ether oxygens (including phenoxy) is 1. The first-order chi connectivity index (χ1) is 6.74. The van der Waals surface area contributed by atoms with Gasteiger partial charge in [0.1, 0.15) is 11.9 Å². The topological polar surface area (TPSA) is 43.4 Å². The van der Waals surface area contributed by atoms with E-state index in [1.54, 1.807) is 0 Å². The third kappa shape index (κ3) is 8.16. The van der Waals surface area contributed by atoms with E-state index in [0.29, 0.717) is 5.92 Å². The zero-order chi connectivity index (χ0) is 12.1. The third-order valence-electron chi connectivity index (χ3n) is 1.82. The van der Waals surface area contributed by atoms with Gasteiger partial charge < -0.3 is 9.53 Å². The Hall–Kier alpha value is -0.860. The van der Waals surface area contributed by atoms with Crippen LogP contribution in [0.15, 0.2) is 0 Å². The van der Waals surface area contributed by atoms with Crippen LogP contribution in [-0.4, -0.2) is 17.9 Å². The summed E-state index contributed by atoms with van der Waals surface area (Å²) in [4.78, 5) is 22.2. The minimum atomic E-state index is -0.470. The van der Waals surface area contributed by atoms with Gasteiger partial charge in [0.05, 0.1) is 6.42 Å². The molecule has 0 fully saturated rings. The van der Waals surface area contributed by atoms with Crippen molar-refractivity contribution in [1.29, 1.82) is 0 Å². The van der Waals surface area contributed by atoms with Gasteiger partial charge in [-0.25, -0.2) is 0 Å². The van der Waals surface area contributed by atoms with Crippen LogP contribution in [0.25, 0.3) is 0 Å². The minimum absolute atomic E-state index is 0.193. The zero-order valence-corrected chi connectivity index (χ0v) is 10.4. The number of aldehydes is 1. The summed E-state index contributed by atoms with van der Waals surface area (Å²) >= 11 is 0. The molecule has 3 nitrogen and oxygen atoms in total. The highest BCUT2D eigenvalue weighted by atomic mass is 16.6. The van der Waals surface area contributed by atoms with Gasteiger partial charge >= 0.3 is 5.97 Å². The van der Waals surface area contributed by atoms with Crippen LogP contribution in [0.3, 0.4) is 0 Å². The maximum atomic E-state index is 11.4. The third-order valence-corrected chi connectivity index (χ3v) is 1.82. The number of hydrogen-bond donors (Lipinski definition) is 0. The number of esters is 1. The van der Waals surface area contributed by atoms with E-state index in [1.807, 2.05) is 34.6 Å². The molecule has 0 radical (unpaired) electrons. The fraction of sp³-hybridized carbons (Fsp3) is 0.833. The lowest BCUT2D eigenvalue weighted by Gasteiger charge is -2.21. The van der Waals surface area contributed by atoms with Crippen LogP contribution in [0.5, 0.6) is 0 Å². The number of carbonyl (C=O) groups is 2. The van der Waals surface area contributed by atoms with Crippen LogP contribution in [0, 0.1) is 11.8 Å². The summed E-state index contributed by atoms with van der Waals surface area (Å²) in [6, 6.07) is 0. The molecule has 0 aromatic carbocycles. The average Bonchev–Trinajstić information content (AvgIpc) is 1.98. The number of carbonyl (C=O) groups excluding carboxylic acids is 2. The van der Waals surface area contributed by atoms with Crippen LogP contribution >= 0.6 is 0 Å². The molecule has 3 heteroatoms. The Balaban J connectivity index is 4.08. The fourth-order valence-corrected chi connectivity index (χ4v) is 1.39. The molecule has 0 aromatic rings. The van der Waals surface area contributed by atoms with Crippen molar-refractivity contribution in [3.05, 3.63) is 0 Å². The Morgan fingerprint density at radius 2 is 1.87 bits per heavy atom. The van der Waals surface area contributed by atoms with Gasteiger partial charge in [0.25, 0.3) is 0 Å². The quantitative estimate of drug-likeness (QED) is 0.522. The van der Waals surface area contributed by atoms with E-state index in [1.165, 1.54) is 0 Å². The molecule has 0 spiro atoms. The van der Waals surface area contributed by atoms with Gasteiger partial charge in [0.15, 0.2) is 0 Å². The molecule has 0 amide bonds. The van der Waals surface area contributed by atoms with Crippen LogP contribution in [-0.2, 0) is 14.3 Å². The van der Waals surface area contributed by atoms with Crippen molar-refractivity contribution < 1.29 is 14.3 Å². The van der Waals surface area contributed by atoms with E-state index in [-0.39, 0.29) is 18.3 Å². The molecule has 0 saturated heterocycles. The van der Waals surface area contributed by atoms with Crippen molar-refractivity contribution in [3.63, 3.8) is 0 Å². The summed E-state index contributed by atoms with van der Waals surface area (Å²) in [6.07, 6.45) is 1.78. The first kappa shape index (κ1) is 14.1. The van der Waals surface area contributed by atoms with Gasteiger partial charge in [0.2, 0.25) is 0 Å². The largest absolute Gasteiger partial charge is 0.460 e. The van der Waals surface area contributed by atoms with Crippen molar-refractivity contribution in [2.45, 2.75) is 53.1 Å². The molecule has 88 valence electrons. The smallest absolute Gasteiger partial charge is 0.307 e. The van der Waals surface area contributed by atoms with Gasteiger partial charge in [-0.1, -0.05) is 13.8 Å². The van der Waals surface area contributed by atoms with Gasteiger partial charge in [-0.05, 0) is 33.1 Å². The molecule has 0 aromatic heterocycles. The van der Waals surface area contributed by atoms with Crippen molar-refractivity contribution in [3.8, 4) is 0 Å². The monoisotopic (exact) mass is 214 g/mol. The molecule has 0 N–H and O–H groups in total. The lowest BCUT2D eigenvalue weighted by molar-refractivity contribution is -0.156. The van der Waals surface area contributed by atoms with Crippen molar-refractivity contribution in [1.82, 2.24) is 0 Å². The summed E-state index contributed by atoms with van der Waals surface area (Å²) in [7, 11) is 0. The SMILES string of the molecule is CC(C)CC(C=O)CC(=O)OC(C)(C)C. The molecule has 15 heavy (non-hydrogen) atoms. The Morgan fingerprint density at radius 3 is 2.20 bits per heavy atom. The fourth-order valence-electron chi connectivity index (χ4n) is 1.39. The van der Waals surface area contributed by atoms with E-state index in [4.69, 9.17) is 4.74 Å². The summed E-state index contributed by atoms with van der Waals surface area (Å²) in [5.41, 5.74) is -0.470. The molecule has 0 aliphatic heterocycles. The normalized spacial score (nSPS) is 13.7. The zero-order valence-electron chi connectivity index (χ0n) is 10.4. The van der Waals surface area contributed by atoms with Crippen LogP contribution in [0.1, 0.15) is 47.5 Å². The highest BCUT2D eigenvalue weighted by molar-refractivity contribution is 5.74. The Morgan fingerprint density at radius 1 is 1.33 bits per heavy atom. The van der Waals surface area contributed by atoms with E-state index >= 15 is 0 Å². The summed E-state index contributed by atoms with van der Waals surface area (Å²) in [5, 5.41) is 0. The Kier molecular flexibility index (Phi) is 5.55. The van der Waals surface area contributed by atoms with Crippen molar-refractivity contribution in [2.75, 3.05) is 0 Å². The van der Waals surface area contributed by atoms with Gasteiger partial charge in [-0.3, -0.25) is 4.79 Å². The van der Waals surface area contributed by atoms with E-state index < -0.39 is 5.60 Å². The maximum Gasteiger partial charge on any atom is 0.307 e. The summed E-state index contributed by atoms with van der Waals surface area (Å²) < 4.78 is 5.15. The second kappa shape index (κ2) is 5.89. The molecular weight excluding hydrogens is 192 g/mol. The van der Waals surface area contributed by atoms with Gasteiger partial charge in [-0.15, -0.1) is 0 Å². The lowest BCUT2D eigenvalue weighted by Crippen LogP contribution is -2.25. The molecule has 0 rings (SSSR count). The molecule has 0 heterocycles. The van der Waals surface area contributed by atoms with E-state index in [0.717, 1.165) is 12.7 Å². The average molecular weight is 214 g/mol. The Bertz CT molecular complexity index is 213. The highest BCUT2D eigenvalue weighted by Crippen LogP contribution is 2.16. The summed E-state index contributed by atoms with van der Waals surface area (Å²) in [6.45, 7) is 9.53. The summed E-state index contributed by atoms with van der Waals surface area (Å²) in [5.74, 6) is -0.0808. The first-order valence-electron chi connectivity index (χ1n) is 5.41. The molecule has 1 atom stereocenters. The van der Waals surface area contributed by atoms with Crippen LogP contribution in [0.4, 0.5) is 0 Å². The molecule has 0 bridgehead atoms. The molecular formula is C12H22O3. The predicted molar refractivity (Wildman–Crippen MR) is 59.5 cm³/mol. The standard InChI is InChI=1S/C12H22O3/c1-9(2)6-10(8-13)7-11(14)15-12(3,4)5/h8-10H,6-7H2,1-5H3. The lowest BCUT2D eigenvalue weighted by atomic mass is 9.95. The van der Waals surface area contributed by atoms with Crippen molar-refractivity contribution >= 4 is 12.3 Å². The second-order valence-corrected chi connectivity index (χ2v) is 5.32. The maximum absolute atomic E-state index is 11.4. The number of hydrogen-bond acceptors (Lipinski definition) is 3. The van der Waals surface area contributed by atoms with E-state index in [2.05, 4.69) is 0 Å². The van der Waals surface area contributed by atoms with E-state index in [9.17, 15) is 9.59 Å². The predicted octanol–water partition coefficient (Wildman–Crippen LogP) is 2.58. The first-order valence-corrected chi connectivity index (χ1v) is 5.41. The number of rotatable bonds is 5. The molecule has 0 aliphatic carbocycles. The van der Waals surface area contributed by atoms with Crippen LogP contribution in [0.2, 0.25) is 0 Å². The van der Waals surface area contributed by atoms with Gasteiger partial charge in [-0.2, -0.15) is 0 Å². The molecule has 1 unspecified atom stereocenters. The van der Waals surface area contributed by atoms with Crippen molar-refractivity contribution in [2.24, 2.45) is 11.8 Å². The van der Waals surface area contributed by atoms with Gasteiger partial charge in [0, 0.05) is 5.92 Å². The Labute approximate surface area is 92.2 Å². The molecule has 0 saturated carbocycles. The minimum Gasteiger partial charge on any atom is -0.460 e. The second-order valence-electron chi connectivity index (χ2n) is 5.32.